The molecule has 0 amide bonds. The Morgan fingerprint density at radius 1 is 1.41 bits per heavy atom. The van der Waals surface area contributed by atoms with E-state index in [1.807, 2.05) is 4.90 Å². The van der Waals surface area contributed by atoms with Crippen molar-refractivity contribution in [3.63, 3.8) is 0 Å². The molecule has 17 heavy (non-hydrogen) atoms. The molecule has 0 aliphatic carbocycles. The molecule has 1 unspecified atom stereocenters. The number of halogens is 2. The molecule has 1 heterocycles. The van der Waals surface area contributed by atoms with Crippen LogP contribution in [0.25, 0.3) is 0 Å². The maximum absolute atomic E-state index is 13.8. The molecule has 1 saturated heterocycles. The van der Waals surface area contributed by atoms with Gasteiger partial charge in [-0.05, 0) is 12.1 Å². The van der Waals surface area contributed by atoms with Crippen LogP contribution in [-0.4, -0.2) is 31.2 Å². The normalized spacial score (nSPS) is 18.6. The number of hydrogen-bond donors (Lipinski definition) is 0. The largest absolute Gasteiger partial charge is 0.379 e. The average molecular weight is 299 g/mol. The van der Waals surface area contributed by atoms with Crippen molar-refractivity contribution in [3.8, 4) is 6.07 Å². The van der Waals surface area contributed by atoms with E-state index in [4.69, 9.17) is 4.74 Å². The van der Waals surface area contributed by atoms with Crippen molar-refractivity contribution in [1.29, 1.82) is 5.26 Å². The summed E-state index contributed by atoms with van der Waals surface area (Å²) in [6.07, 6.45) is 0. The fourth-order valence-corrected chi connectivity index (χ4v) is 2.24. The molecule has 2 rings (SSSR count). The zero-order valence-corrected chi connectivity index (χ0v) is 10.8. The van der Waals surface area contributed by atoms with Crippen LogP contribution < -0.4 is 0 Å². The third kappa shape index (κ3) is 2.83. The van der Waals surface area contributed by atoms with Crippen LogP contribution in [0.3, 0.4) is 0 Å². The first-order valence-corrected chi connectivity index (χ1v) is 6.18. The highest BCUT2D eigenvalue weighted by Gasteiger charge is 2.24. The maximum atomic E-state index is 13.8. The monoisotopic (exact) mass is 298 g/mol. The summed E-state index contributed by atoms with van der Waals surface area (Å²) in [5, 5.41) is 9.21. The molecule has 5 heteroatoms. The van der Waals surface area contributed by atoms with Crippen molar-refractivity contribution >= 4 is 15.9 Å². The van der Waals surface area contributed by atoms with Crippen LogP contribution in [0.5, 0.6) is 0 Å². The average Bonchev–Trinajstić information content (AvgIpc) is 2.34. The molecule has 3 nitrogen and oxygen atoms in total. The minimum Gasteiger partial charge on any atom is -0.379 e. The SMILES string of the molecule is N#CC(c1ccc(Br)cc1F)N1CCOCC1. The van der Waals surface area contributed by atoms with Crippen LogP contribution >= 0.6 is 15.9 Å². The first-order chi connectivity index (χ1) is 8.22. The van der Waals surface area contributed by atoms with E-state index in [-0.39, 0.29) is 5.82 Å². The summed E-state index contributed by atoms with van der Waals surface area (Å²) < 4.78 is 19.7. The van der Waals surface area contributed by atoms with E-state index in [1.54, 1.807) is 12.1 Å². The van der Waals surface area contributed by atoms with E-state index in [2.05, 4.69) is 22.0 Å². The second-order valence-electron chi connectivity index (χ2n) is 3.85. The van der Waals surface area contributed by atoms with E-state index in [0.29, 0.717) is 36.3 Å². The molecular formula is C12H12BrFN2O. The lowest BCUT2D eigenvalue weighted by Crippen LogP contribution is -2.38. The van der Waals surface area contributed by atoms with Gasteiger partial charge in [-0.25, -0.2) is 4.39 Å². The highest BCUT2D eigenvalue weighted by molar-refractivity contribution is 9.10. The Hall–Kier alpha value is -0.960. The van der Waals surface area contributed by atoms with E-state index < -0.39 is 6.04 Å². The van der Waals surface area contributed by atoms with Crippen LogP contribution in [0.15, 0.2) is 22.7 Å². The zero-order chi connectivity index (χ0) is 12.3. The lowest BCUT2D eigenvalue weighted by atomic mass is 10.1. The third-order valence-electron chi connectivity index (χ3n) is 2.79. The number of nitriles is 1. The third-order valence-corrected chi connectivity index (χ3v) is 3.28. The van der Waals surface area contributed by atoms with Gasteiger partial charge in [0.1, 0.15) is 11.9 Å². The smallest absolute Gasteiger partial charge is 0.130 e. The van der Waals surface area contributed by atoms with E-state index in [1.165, 1.54) is 6.07 Å². The van der Waals surface area contributed by atoms with Gasteiger partial charge in [0.05, 0.1) is 19.3 Å². The lowest BCUT2D eigenvalue weighted by molar-refractivity contribution is 0.0261. The molecule has 0 aromatic heterocycles. The molecule has 1 fully saturated rings. The molecule has 1 atom stereocenters. The molecule has 0 bridgehead atoms. The number of rotatable bonds is 2. The minimum atomic E-state index is -0.535. The van der Waals surface area contributed by atoms with Gasteiger partial charge in [0.25, 0.3) is 0 Å². The van der Waals surface area contributed by atoms with Crippen LogP contribution in [0.4, 0.5) is 4.39 Å². The summed E-state index contributed by atoms with van der Waals surface area (Å²) in [6, 6.07) is 6.43. The first-order valence-electron chi connectivity index (χ1n) is 5.38. The van der Waals surface area contributed by atoms with Crippen molar-refractivity contribution in [3.05, 3.63) is 34.1 Å². The van der Waals surface area contributed by atoms with Gasteiger partial charge in [-0.1, -0.05) is 22.0 Å². The fraction of sp³-hybridized carbons (Fsp3) is 0.417. The number of hydrogen-bond acceptors (Lipinski definition) is 3. The Kier molecular flexibility index (Phi) is 4.11. The van der Waals surface area contributed by atoms with Gasteiger partial charge < -0.3 is 4.74 Å². The maximum Gasteiger partial charge on any atom is 0.130 e. The van der Waals surface area contributed by atoms with Crippen LogP contribution in [0, 0.1) is 17.1 Å². The van der Waals surface area contributed by atoms with E-state index in [0.717, 1.165) is 0 Å². The Bertz CT molecular complexity index is 441. The summed E-state index contributed by atoms with van der Waals surface area (Å²) in [5.41, 5.74) is 0.428. The molecule has 1 aliphatic rings. The summed E-state index contributed by atoms with van der Waals surface area (Å²) >= 11 is 3.21. The quantitative estimate of drug-likeness (QED) is 0.842. The molecular weight excluding hydrogens is 287 g/mol. The topological polar surface area (TPSA) is 36.3 Å². The Morgan fingerprint density at radius 3 is 2.71 bits per heavy atom. The number of benzene rings is 1. The van der Waals surface area contributed by atoms with Crippen LogP contribution in [-0.2, 0) is 4.74 Å². The molecule has 90 valence electrons. The van der Waals surface area contributed by atoms with Crippen molar-refractivity contribution in [2.75, 3.05) is 26.3 Å². The minimum absolute atomic E-state index is 0.350. The standard InChI is InChI=1S/C12H12BrFN2O/c13-9-1-2-10(11(14)7-9)12(8-15)16-3-5-17-6-4-16/h1-2,7,12H,3-6H2. The van der Waals surface area contributed by atoms with Crippen molar-refractivity contribution in [1.82, 2.24) is 4.90 Å². The Labute approximate surface area is 108 Å². The predicted molar refractivity (Wildman–Crippen MR) is 64.8 cm³/mol. The Balaban J connectivity index is 2.25. The molecule has 1 aromatic rings. The number of ether oxygens (including phenoxy) is 1. The second-order valence-corrected chi connectivity index (χ2v) is 4.76. The van der Waals surface area contributed by atoms with Crippen LogP contribution in [0.1, 0.15) is 11.6 Å². The van der Waals surface area contributed by atoms with E-state index in [9.17, 15) is 9.65 Å². The fourth-order valence-electron chi connectivity index (χ4n) is 1.91. The van der Waals surface area contributed by atoms with E-state index >= 15 is 0 Å². The van der Waals surface area contributed by atoms with Crippen molar-refractivity contribution in [2.45, 2.75) is 6.04 Å². The van der Waals surface area contributed by atoms with Crippen molar-refractivity contribution in [2.24, 2.45) is 0 Å². The summed E-state index contributed by atoms with van der Waals surface area (Å²) in [5.74, 6) is -0.350. The summed E-state index contributed by atoms with van der Waals surface area (Å²) in [7, 11) is 0. The van der Waals surface area contributed by atoms with Gasteiger partial charge in [0.2, 0.25) is 0 Å². The van der Waals surface area contributed by atoms with Gasteiger partial charge in [0.15, 0.2) is 0 Å². The molecule has 0 saturated carbocycles. The molecule has 0 N–H and O–H groups in total. The zero-order valence-electron chi connectivity index (χ0n) is 9.20. The second kappa shape index (κ2) is 5.58. The number of nitrogens with zero attached hydrogens (tertiary/aromatic N) is 2. The highest BCUT2D eigenvalue weighted by Crippen LogP contribution is 2.25. The molecule has 0 spiro atoms. The predicted octanol–water partition coefficient (Wildman–Crippen LogP) is 2.49. The van der Waals surface area contributed by atoms with Gasteiger partial charge in [-0.2, -0.15) is 5.26 Å². The van der Waals surface area contributed by atoms with Crippen molar-refractivity contribution < 1.29 is 9.13 Å². The van der Waals surface area contributed by atoms with Crippen LogP contribution in [0.2, 0.25) is 0 Å². The molecule has 0 radical (unpaired) electrons. The molecule has 1 aromatic carbocycles. The first kappa shape index (κ1) is 12.5. The molecule has 1 aliphatic heterocycles. The van der Waals surface area contributed by atoms with Gasteiger partial charge in [-0.3, -0.25) is 4.90 Å². The number of morpholine rings is 1. The van der Waals surface area contributed by atoms with Gasteiger partial charge in [0, 0.05) is 23.1 Å². The Morgan fingerprint density at radius 2 is 2.12 bits per heavy atom. The highest BCUT2D eigenvalue weighted by atomic mass is 79.9. The summed E-state index contributed by atoms with van der Waals surface area (Å²) in [4.78, 5) is 1.94. The lowest BCUT2D eigenvalue weighted by Gasteiger charge is -2.30. The van der Waals surface area contributed by atoms with Gasteiger partial charge >= 0.3 is 0 Å². The van der Waals surface area contributed by atoms with Gasteiger partial charge in [-0.15, -0.1) is 0 Å². The summed E-state index contributed by atoms with van der Waals surface area (Å²) in [6.45, 7) is 2.51.